The Morgan fingerprint density at radius 1 is 1.26 bits per heavy atom. The molecule has 2 aliphatic carbocycles. The molecule has 0 bridgehead atoms. The Hall–Kier alpha value is -2.40. The van der Waals surface area contributed by atoms with Crippen LogP contribution in [0.3, 0.4) is 0 Å². The topological polar surface area (TPSA) is 78.4 Å². The summed E-state index contributed by atoms with van der Waals surface area (Å²) in [7, 11) is 0. The zero-order valence-electron chi connectivity index (χ0n) is 22.2. The normalized spacial score (nSPS) is 22.5. The van der Waals surface area contributed by atoms with Crippen LogP contribution in [0.2, 0.25) is 0 Å². The molecule has 6 atom stereocenters. The lowest BCUT2D eigenvalue weighted by Crippen LogP contribution is -2.40. The molecule has 0 radical (unpaired) electrons. The van der Waals surface area contributed by atoms with E-state index in [-0.39, 0.29) is 41.4 Å². The van der Waals surface area contributed by atoms with Crippen molar-refractivity contribution in [1.82, 2.24) is 10.6 Å². The molecule has 194 valence electrons. The van der Waals surface area contributed by atoms with E-state index in [1.807, 2.05) is 27.7 Å². The number of Topliss-reactive ketones (excluding diaryl/α,β-unsaturated/α-hetero) is 1. The van der Waals surface area contributed by atoms with Crippen LogP contribution in [0.1, 0.15) is 79.1 Å². The van der Waals surface area contributed by atoms with Gasteiger partial charge in [0.25, 0.3) is 0 Å². The van der Waals surface area contributed by atoms with Crippen LogP contribution in [-0.2, 0) is 9.59 Å². The van der Waals surface area contributed by atoms with Crippen LogP contribution in [0.15, 0.2) is 54.3 Å². The maximum Gasteiger partial charge on any atom is 0.223 e. The number of carbonyl (C=O) groups is 2. The second-order valence-electron chi connectivity index (χ2n) is 10.4. The predicted molar refractivity (Wildman–Crippen MR) is 143 cm³/mol. The third-order valence-corrected chi connectivity index (χ3v) is 7.24. The number of nitrogens with one attached hydrogen (secondary N) is 2. The summed E-state index contributed by atoms with van der Waals surface area (Å²) in [5, 5.41) is 16.7. The van der Waals surface area contributed by atoms with Gasteiger partial charge in [-0.3, -0.25) is 9.59 Å². The van der Waals surface area contributed by atoms with Crippen molar-refractivity contribution in [2.75, 3.05) is 0 Å². The third kappa shape index (κ3) is 8.34. The minimum absolute atomic E-state index is 0.0255. The number of aliphatic hydroxyl groups excluding tert-OH is 1. The second kappa shape index (κ2) is 13.6. The fourth-order valence-electron chi connectivity index (χ4n) is 4.56. The largest absolute Gasteiger partial charge is 0.472 e. The molecule has 6 unspecified atom stereocenters. The number of hydrogen-bond donors (Lipinski definition) is 3. The molecule has 5 nitrogen and oxygen atoms in total. The zero-order chi connectivity index (χ0) is 26.1. The van der Waals surface area contributed by atoms with Crippen molar-refractivity contribution in [3.8, 4) is 0 Å². The van der Waals surface area contributed by atoms with Crippen LogP contribution in [0.5, 0.6) is 0 Å². The van der Waals surface area contributed by atoms with Crippen molar-refractivity contribution < 1.29 is 14.7 Å². The Bertz CT molecular complexity index is 869. The lowest BCUT2D eigenvalue weighted by molar-refractivity contribution is -0.125. The summed E-state index contributed by atoms with van der Waals surface area (Å²) in [6.45, 7) is 19.9. The van der Waals surface area contributed by atoms with E-state index in [1.165, 1.54) is 0 Å². The van der Waals surface area contributed by atoms with Gasteiger partial charge in [0.1, 0.15) is 6.23 Å². The van der Waals surface area contributed by atoms with Crippen molar-refractivity contribution in [2.45, 2.75) is 91.3 Å². The molecular weight excluding hydrogens is 436 g/mol. The minimum atomic E-state index is -0.754. The molecule has 0 aromatic heterocycles. The van der Waals surface area contributed by atoms with E-state index in [4.69, 9.17) is 0 Å². The highest BCUT2D eigenvalue weighted by molar-refractivity contribution is 6.00. The van der Waals surface area contributed by atoms with E-state index in [0.29, 0.717) is 12.8 Å². The van der Waals surface area contributed by atoms with Crippen molar-refractivity contribution >= 4 is 11.7 Å². The highest BCUT2D eigenvalue weighted by Crippen LogP contribution is 2.41. The Morgan fingerprint density at radius 2 is 1.97 bits per heavy atom. The Kier molecular flexibility index (Phi) is 11.2. The summed E-state index contributed by atoms with van der Waals surface area (Å²) < 4.78 is 0. The number of aliphatic hydroxyl groups is 1. The van der Waals surface area contributed by atoms with Crippen molar-refractivity contribution in [1.29, 1.82) is 0 Å². The van der Waals surface area contributed by atoms with Crippen molar-refractivity contribution in [3.63, 3.8) is 0 Å². The van der Waals surface area contributed by atoms with Gasteiger partial charge in [0.05, 0.1) is 5.92 Å². The monoisotopic (exact) mass is 481 g/mol. The molecule has 0 fully saturated rings. The molecule has 0 aliphatic heterocycles. The number of ketones is 1. The Labute approximate surface area is 212 Å². The van der Waals surface area contributed by atoms with Crippen LogP contribution in [0.25, 0.3) is 0 Å². The molecule has 2 aliphatic rings. The first-order valence-corrected chi connectivity index (χ1v) is 13.1. The minimum Gasteiger partial charge on any atom is -0.472 e. The van der Waals surface area contributed by atoms with Crippen LogP contribution in [0, 0.1) is 29.7 Å². The van der Waals surface area contributed by atoms with Gasteiger partial charge in [0.15, 0.2) is 5.78 Å². The molecule has 0 saturated carbocycles. The SMILES string of the molecule is C=CC(C(=C)CCC(=C)C)C(=O)C1=CC2C(NC(O)CCC(C)C(=O)NC(C)CC)=[C-]C2CCC1. The molecule has 0 saturated heterocycles. The van der Waals surface area contributed by atoms with Crippen molar-refractivity contribution in [3.05, 3.63) is 60.4 Å². The lowest BCUT2D eigenvalue weighted by Gasteiger charge is -2.49. The first-order valence-electron chi connectivity index (χ1n) is 13.1. The molecule has 5 heteroatoms. The van der Waals surface area contributed by atoms with Gasteiger partial charge < -0.3 is 21.8 Å². The summed E-state index contributed by atoms with van der Waals surface area (Å²) in [4.78, 5) is 25.6. The Balaban J connectivity index is 1.96. The number of carbonyl (C=O) groups excluding carboxylic acids is 2. The van der Waals surface area contributed by atoms with Crippen molar-refractivity contribution in [2.24, 2.45) is 23.7 Å². The highest BCUT2D eigenvalue weighted by Gasteiger charge is 2.28. The fourth-order valence-corrected chi connectivity index (χ4v) is 4.56. The first-order chi connectivity index (χ1) is 16.6. The summed E-state index contributed by atoms with van der Waals surface area (Å²) in [6, 6.07) is 0.155. The predicted octanol–water partition coefficient (Wildman–Crippen LogP) is 5.55. The second-order valence-corrected chi connectivity index (χ2v) is 10.4. The molecule has 0 spiro atoms. The lowest BCUT2D eigenvalue weighted by atomic mass is 9.76. The number of hydrogen-bond acceptors (Lipinski definition) is 4. The summed E-state index contributed by atoms with van der Waals surface area (Å²) in [5.74, 6) is -0.105. The Morgan fingerprint density at radius 3 is 2.60 bits per heavy atom. The molecular formula is C30H45N2O3-. The van der Waals surface area contributed by atoms with Gasteiger partial charge in [-0.05, 0) is 63.9 Å². The number of rotatable bonds is 15. The van der Waals surface area contributed by atoms with Gasteiger partial charge in [-0.2, -0.15) is 11.6 Å². The number of fused-ring (bicyclic) bond motifs is 1. The first kappa shape index (κ1) is 28.8. The molecule has 0 aromatic carbocycles. The number of allylic oxidation sites excluding steroid dienone is 6. The summed E-state index contributed by atoms with van der Waals surface area (Å²) in [5.41, 5.74) is 3.63. The maximum absolute atomic E-state index is 13.4. The standard InChI is InChI=1S/C30H45N2O3/c1-8-22(7)31-30(35)21(6)15-16-28(33)32-27-18-23-11-10-12-24(17-26(23)27)29(34)25(9-2)20(5)14-13-19(3)4/h9,17,21-23,25-26,28,32-33H,2-3,5,8,10-16H2,1,4,6-7H3,(H,31,35)/q-1. The molecule has 0 aromatic rings. The van der Waals surface area contributed by atoms with E-state index in [2.05, 4.69) is 42.5 Å². The molecule has 0 heterocycles. The van der Waals surface area contributed by atoms with E-state index in [9.17, 15) is 14.7 Å². The summed E-state index contributed by atoms with van der Waals surface area (Å²) >= 11 is 0. The average molecular weight is 482 g/mol. The maximum atomic E-state index is 13.4. The fraction of sp³-hybridized carbons (Fsp3) is 0.600. The third-order valence-electron chi connectivity index (χ3n) is 7.24. The molecule has 1 amide bonds. The zero-order valence-corrected chi connectivity index (χ0v) is 22.2. The quantitative estimate of drug-likeness (QED) is 0.163. The number of amides is 1. The van der Waals surface area contributed by atoms with Crippen LogP contribution < -0.4 is 10.6 Å². The summed E-state index contributed by atoms with van der Waals surface area (Å²) in [6.07, 6.45) is 12.6. The average Bonchev–Trinajstić information content (AvgIpc) is 2.98. The molecule has 35 heavy (non-hydrogen) atoms. The van der Waals surface area contributed by atoms with Crippen LogP contribution in [-0.4, -0.2) is 29.1 Å². The van der Waals surface area contributed by atoms with Gasteiger partial charge in [-0.25, -0.2) is 0 Å². The van der Waals surface area contributed by atoms with E-state index in [1.54, 1.807) is 6.08 Å². The van der Waals surface area contributed by atoms with Gasteiger partial charge in [-0.1, -0.05) is 56.6 Å². The van der Waals surface area contributed by atoms with Gasteiger partial charge in [0, 0.05) is 12.0 Å². The van der Waals surface area contributed by atoms with Crippen LogP contribution >= 0.6 is 0 Å². The van der Waals surface area contributed by atoms with Gasteiger partial charge in [-0.15, -0.1) is 13.2 Å². The molecule has 2 rings (SSSR count). The van der Waals surface area contributed by atoms with E-state index in [0.717, 1.165) is 60.9 Å². The van der Waals surface area contributed by atoms with E-state index < -0.39 is 6.23 Å². The smallest absolute Gasteiger partial charge is 0.223 e. The molecule has 3 N–H and O–H groups in total. The van der Waals surface area contributed by atoms with Gasteiger partial charge in [0.2, 0.25) is 5.91 Å². The van der Waals surface area contributed by atoms with Crippen LogP contribution in [0.4, 0.5) is 0 Å². The highest BCUT2D eigenvalue weighted by atomic mass is 16.3. The van der Waals surface area contributed by atoms with E-state index >= 15 is 0 Å². The van der Waals surface area contributed by atoms with Gasteiger partial charge >= 0.3 is 0 Å².